The Hall–Kier alpha value is -2.82. The fraction of sp³-hybridized carbons (Fsp3) is 0.375. The van der Waals surface area contributed by atoms with Gasteiger partial charge in [0.1, 0.15) is 18.1 Å². The van der Waals surface area contributed by atoms with Crippen molar-refractivity contribution >= 4 is 32.4 Å². The van der Waals surface area contributed by atoms with E-state index >= 15 is 0 Å². The summed E-state index contributed by atoms with van der Waals surface area (Å²) in [4.78, 5) is 19.7. The molecule has 34 heavy (non-hydrogen) atoms. The summed E-state index contributed by atoms with van der Waals surface area (Å²) in [5, 5.41) is 4.57. The molecule has 0 saturated carbocycles. The molecule has 4 aromatic rings. The number of imidazole rings is 1. The van der Waals surface area contributed by atoms with Crippen molar-refractivity contribution in [2.75, 3.05) is 13.1 Å². The second-order valence-corrected chi connectivity index (χ2v) is 11.7. The molecule has 0 spiro atoms. The first kappa shape index (κ1) is 22.9. The van der Waals surface area contributed by atoms with E-state index in [0.29, 0.717) is 31.0 Å². The van der Waals surface area contributed by atoms with Crippen LogP contribution in [0.2, 0.25) is 0 Å². The highest BCUT2D eigenvalue weighted by Gasteiger charge is 2.26. The first-order chi connectivity index (χ1) is 16.4. The van der Waals surface area contributed by atoms with Gasteiger partial charge in [-0.1, -0.05) is 6.42 Å². The number of sulfonamides is 1. The molecule has 0 N–H and O–H groups in total. The number of hydrogen-bond acceptors (Lipinski definition) is 6. The van der Waals surface area contributed by atoms with Gasteiger partial charge in [-0.3, -0.25) is 4.79 Å². The van der Waals surface area contributed by atoms with Gasteiger partial charge >= 0.3 is 0 Å². The Kier molecular flexibility index (Phi) is 6.13. The lowest BCUT2D eigenvalue weighted by atomic mass is 10.2. The Morgan fingerprint density at radius 1 is 1.03 bits per heavy atom. The highest BCUT2D eigenvalue weighted by Crippen LogP contribution is 2.27. The molecule has 0 atom stereocenters. The van der Waals surface area contributed by atoms with E-state index < -0.39 is 10.0 Å². The van der Waals surface area contributed by atoms with Crippen molar-refractivity contribution in [3.63, 3.8) is 0 Å². The average Bonchev–Trinajstić information content (AvgIpc) is 3.43. The SMILES string of the molecule is CCn1c(Cn2nc(-c3ccc(C)s3)ccc2=O)nc2cc(S(=O)(=O)N3CCCCC3)ccc21. The summed E-state index contributed by atoms with van der Waals surface area (Å²) in [5.74, 6) is 0.666. The van der Waals surface area contributed by atoms with Gasteiger partial charge in [-0.05, 0) is 63.1 Å². The number of benzene rings is 1. The van der Waals surface area contributed by atoms with Gasteiger partial charge in [-0.25, -0.2) is 18.1 Å². The normalized spacial score (nSPS) is 15.2. The van der Waals surface area contributed by atoms with Crippen LogP contribution in [0.4, 0.5) is 0 Å². The minimum atomic E-state index is -3.55. The predicted molar refractivity (Wildman–Crippen MR) is 134 cm³/mol. The minimum absolute atomic E-state index is 0.202. The van der Waals surface area contributed by atoms with Gasteiger partial charge in [0.15, 0.2) is 0 Å². The molecule has 1 aliphatic rings. The zero-order valence-corrected chi connectivity index (χ0v) is 20.9. The van der Waals surface area contributed by atoms with Crippen LogP contribution in [0, 0.1) is 6.92 Å². The molecule has 5 rings (SSSR count). The topological polar surface area (TPSA) is 90.1 Å². The molecule has 0 unspecified atom stereocenters. The molecule has 0 radical (unpaired) electrons. The summed E-state index contributed by atoms with van der Waals surface area (Å²) < 4.78 is 31.3. The maximum absolute atomic E-state index is 13.1. The third kappa shape index (κ3) is 4.21. The van der Waals surface area contributed by atoms with Crippen molar-refractivity contribution in [3.8, 4) is 10.6 Å². The number of aryl methyl sites for hydroxylation is 2. The van der Waals surface area contributed by atoms with E-state index in [0.717, 1.165) is 35.4 Å². The zero-order chi connectivity index (χ0) is 23.9. The first-order valence-electron chi connectivity index (χ1n) is 11.5. The molecule has 3 aromatic heterocycles. The summed E-state index contributed by atoms with van der Waals surface area (Å²) in [6, 6.07) is 12.4. The number of rotatable bonds is 6. The van der Waals surface area contributed by atoms with Crippen LogP contribution in [0.25, 0.3) is 21.6 Å². The Labute approximate surface area is 202 Å². The van der Waals surface area contributed by atoms with Crippen molar-refractivity contribution in [1.82, 2.24) is 23.6 Å². The number of aromatic nitrogens is 4. The summed E-state index contributed by atoms with van der Waals surface area (Å²) in [6.07, 6.45) is 2.85. The molecule has 0 amide bonds. The number of piperidine rings is 1. The van der Waals surface area contributed by atoms with Gasteiger partial charge in [0.2, 0.25) is 10.0 Å². The lowest BCUT2D eigenvalue weighted by Crippen LogP contribution is -2.35. The molecule has 0 bridgehead atoms. The summed E-state index contributed by atoms with van der Waals surface area (Å²) in [5.41, 5.74) is 1.98. The smallest absolute Gasteiger partial charge is 0.267 e. The lowest BCUT2D eigenvalue weighted by Gasteiger charge is -2.25. The number of hydrogen-bond donors (Lipinski definition) is 0. The Morgan fingerprint density at radius 2 is 1.82 bits per heavy atom. The van der Waals surface area contributed by atoms with E-state index in [2.05, 4.69) is 5.10 Å². The van der Waals surface area contributed by atoms with Gasteiger partial charge in [0, 0.05) is 30.6 Å². The number of thiophene rings is 1. The minimum Gasteiger partial charge on any atom is -0.327 e. The molecule has 4 heterocycles. The molecule has 1 aliphatic heterocycles. The Balaban J connectivity index is 1.51. The van der Waals surface area contributed by atoms with Crippen LogP contribution >= 0.6 is 11.3 Å². The summed E-state index contributed by atoms with van der Waals surface area (Å²) >= 11 is 1.63. The molecule has 1 saturated heterocycles. The van der Waals surface area contributed by atoms with Crippen LogP contribution in [-0.2, 0) is 23.1 Å². The van der Waals surface area contributed by atoms with Crippen LogP contribution in [0.15, 0.2) is 52.2 Å². The highest BCUT2D eigenvalue weighted by atomic mass is 32.2. The van der Waals surface area contributed by atoms with E-state index in [1.807, 2.05) is 36.6 Å². The maximum Gasteiger partial charge on any atom is 0.267 e. The maximum atomic E-state index is 13.1. The third-order valence-electron chi connectivity index (χ3n) is 6.22. The van der Waals surface area contributed by atoms with Crippen molar-refractivity contribution in [2.24, 2.45) is 0 Å². The molecular formula is C24H27N5O3S2. The third-order valence-corrected chi connectivity index (χ3v) is 9.14. The van der Waals surface area contributed by atoms with Crippen molar-refractivity contribution in [2.45, 2.75) is 51.1 Å². The molecular weight excluding hydrogens is 470 g/mol. The second kappa shape index (κ2) is 9.09. The molecule has 178 valence electrons. The standard InChI is InChI=1S/C24H27N5O3S2/c1-3-28-21-10-8-18(34(31,32)27-13-5-4-6-14-27)15-20(21)25-23(28)16-29-24(30)12-9-19(26-29)22-11-7-17(2)33-22/h7-12,15H,3-6,13-14,16H2,1-2H3. The monoisotopic (exact) mass is 497 g/mol. The van der Waals surface area contributed by atoms with Crippen LogP contribution in [0.1, 0.15) is 36.9 Å². The Bertz CT molecular complexity index is 1510. The second-order valence-electron chi connectivity index (χ2n) is 8.51. The molecule has 1 fully saturated rings. The number of fused-ring (bicyclic) bond motifs is 1. The largest absolute Gasteiger partial charge is 0.327 e. The molecule has 8 nitrogen and oxygen atoms in total. The quantitative estimate of drug-likeness (QED) is 0.403. The molecule has 1 aromatic carbocycles. The van der Waals surface area contributed by atoms with Crippen molar-refractivity contribution < 1.29 is 8.42 Å². The van der Waals surface area contributed by atoms with E-state index in [-0.39, 0.29) is 17.0 Å². The molecule has 10 heteroatoms. The highest BCUT2D eigenvalue weighted by molar-refractivity contribution is 7.89. The van der Waals surface area contributed by atoms with E-state index in [9.17, 15) is 13.2 Å². The van der Waals surface area contributed by atoms with Gasteiger partial charge in [-0.2, -0.15) is 9.40 Å². The van der Waals surface area contributed by atoms with Crippen LogP contribution < -0.4 is 5.56 Å². The van der Waals surface area contributed by atoms with Gasteiger partial charge < -0.3 is 4.57 Å². The summed E-state index contributed by atoms with van der Waals surface area (Å²) in [6.45, 7) is 6.00. The molecule has 0 aliphatic carbocycles. The number of nitrogens with zero attached hydrogens (tertiary/aromatic N) is 5. The van der Waals surface area contributed by atoms with Gasteiger partial charge in [0.25, 0.3) is 5.56 Å². The fourth-order valence-corrected chi connectivity index (χ4v) is 6.82. The summed E-state index contributed by atoms with van der Waals surface area (Å²) in [7, 11) is -3.55. The van der Waals surface area contributed by atoms with Gasteiger partial charge in [-0.15, -0.1) is 11.3 Å². The Morgan fingerprint density at radius 3 is 2.53 bits per heavy atom. The predicted octanol–water partition coefficient (Wildman–Crippen LogP) is 3.87. The zero-order valence-electron chi connectivity index (χ0n) is 19.3. The van der Waals surface area contributed by atoms with E-state index in [1.54, 1.807) is 33.8 Å². The first-order valence-corrected chi connectivity index (χ1v) is 13.8. The van der Waals surface area contributed by atoms with E-state index in [4.69, 9.17) is 4.98 Å². The van der Waals surface area contributed by atoms with Crippen LogP contribution in [-0.4, -0.2) is 45.1 Å². The fourth-order valence-electron chi connectivity index (χ4n) is 4.45. The van der Waals surface area contributed by atoms with E-state index in [1.165, 1.54) is 15.6 Å². The van der Waals surface area contributed by atoms with Crippen LogP contribution in [0.3, 0.4) is 0 Å². The van der Waals surface area contributed by atoms with Crippen molar-refractivity contribution in [1.29, 1.82) is 0 Å². The van der Waals surface area contributed by atoms with Crippen LogP contribution in [0.5, 0.6) is 0 Å². The van der Waals surface area contributed by atoms with Crippen molar-refractivity contribution in [3.05, 3.63) is 63.5 Å². The lowest BCUT2D eigenvalue weighted by molar-refractivity contribution is 0.346. The average molecular weight is 498 g/mol. The van der Waals surface area contributed by atoms with Gasteiger partial charge in [0.05, 0.1) is 20.8 Å².